The molecule has 0 amide bonds. The highest BCUT2D eigenvalue weighted by Gasteiger charge is 2.19. The first kappa shape index (κ1) is 20.1. The van der Waals surface area contributed by atoms with E-state index in [2.05, 4.69) is 5.32 Å². The molecule has 0 heterocycles. The molecule has 0 radical (unpaired) electrons. The fourth-order valence-corrected chi connectivity index (χ4v) is 2.39. The van der Waals surface area contributed by atoms with Gasteiger partial charge in [-0.05, 0) is 44.7 Å². The van der Waals surface area contributed by atoms with Crippen molar-refractivity contribution in [3.63, 3.8) is 0 Å². The number of esters is 1. The van der Waals surface area contributed by atoms with Crippen LogP contribution in [0.15, 0.2) is 30.3 Å². The number of rotatable bonds is 12. The van der Waals surface area contributed by atoms with Crippen LogP contribution < -0.4 is 11.1 Å². The molecule has 6 heteroatoms. The van der Waals surface area contributed by atoms with E-state index in [1.54, 1.807) is 6.92 Å². The summed E-state index contributed by atoms with van der Waals surface area (Å²) in [6, 6.07) is 8.83. The van der Waals surface area contributed by atoms with E-state index in [0.717, 1.165) is 12.8 Å². The standard InChI is InChI=1S/C18H28N2O4/c1-2-24-18(23)16(12-11-14-8-4-3-5-9-14)20-13-7-6-10-15(19)17(21)22/h3-5,8-9,15-16,20H,2,6-7,10-13,19H2,1H3,(H,21,22)/t15-,16?/m0/s1. The van der Waals surface area contributed by atoms with Crippen LogP contribution in [0.2, 0.25) is 0 Å². The molecule has 0 bridgehead atoms. The van der Waals surface area contributed by atoms with E-state index in [1.165, 1.54) is 5.56 Å². The van der Waals surface area contributed by atoms with E-state index in [-0.39, 0.29) is 12.0 Å². The van der Waals surface area contributed by atoms with Crippen LogP contribution in [-0.4, -0.2) is 42.3 Å². The first-order valence-electron chi connectivity index (χ1n) is 8.47. The van der Waals surface area contributed by atoms with Crippen molar-refractivity contribution in [3.05, 3.63) is 35.9 Å². The van der Waals surface area contributed by atoms with Crippen LogP contribution >= 0.6 is 0 Å². The Bertz CT molecular complexity index is 493. The van der Waals surface area contributed by atoms with Gasteiger partial charge >= 0.3 is 11.9 Å². The van der Waals surface area contributed by atoms with E-state index in [0.29, 0.717) is 32.4 Å². The summed E-state index contributed by atoms with van der Waals surface area (Å²) >= 11 is 0. The fourth-order valence-electron chi connectivity index (χ4n) is 2.39. The predicted molar refractivity (Wildman–Crippen MR) is 92.6 cm³/mol. The summed E-state index contributed by atoms with van der Waals surface area (Å²) in [7, 11) is 0. The largest absolute Gasteiger partial charge is 0.480 e. The number of nitrogens with two attached hydrogens (primary N) is 1. The lowest BCUT2D eigenvalue weighted by Gasteiger charge is -2.17. The second-order valence-corrected chi connectivity index (χ2v) is 5.72. The van der Waals surface area contributed by atoms with E-state index in [9.17, 15) is 9.59 Å². The van der Waals surface area contributed by atoms with Crippen molar-refractivity contribution >= 4 is 11.9 Å². The topological polar surface area (TPSA) is 102 Å². The quantitative estimate of drug-likeness (QED) is 0.397. The third kappa shape index (κ3) is 8.08. The number of hydrogen-bond acceptors (Lipinski definition) is 5. The van der Waals surface area contributed by atoms with E-state index < -0.39 is 12.0 Å². The summed E-state index contributed by atoms with van der Waals surface area (Å²) in [6.07, 6.45) is 3.36. The molecule has 0 saturated heterocycles. The van der Waals surface area contributed by atoms with Crippen molar-refractivity contribution in [1.29, 1.82) is 0 Å². The Morgan fingerprint density at radius 3 is 2.54 bits per heavy atom. The summed E-state index contributed by atoms with van der Waals surface area (Å²) in [6.45, 7) is 2.78. The number of aryl methyl sites for hydroxylation is 1. The number of carbonyl (C=O) groups excluding carboxylic acids is 1. The van der Waals surface area contributed by atoms with Gasteiger partial charge in [0.1, 0.15) is 12.1 Å². The van der Waals surface area contributed by atoms with E-state index in [4.69, 9.17) is 15.6 Å². The maximum absolute atomic E-state index is 12.0. The number of ether oxygens (including phenoxy) is 1. The maximum Gasteiger partial charge on any atom is 0.323 e. The molecule has 0 aliphatic heterocycles. The molecule has 134 valence electrons. The minimum absolute atomic E-state index is 0.240. The molecule has 1 aromatic carbocycles. The van der Waals surface area contributed by atoms with Gasteiger partial charge in [-0.25, -0.2) is 0 Å². The number of carboxylic acids is 1. The van der Waals surface area contributed by atoms with Crippen LogP contribution in [0.25, 0.3) is 0 Å². The van der Waals surface area contributed by atoms with Crippen molar-refractivity contribution in [1.82, 2.24) is 5.32 Å². The number of aliphatic carboxylic acids is 1. The summed E-state index contributed by atoms with van der Waals surface area (Å²) in [5.74, 6) is -1.22. The molecule has 0 fully saturated rings. The molecule has 6 nitrogen and oxygen atoms in total. The van der Waals surface area contributed by atoms with Crippen LogP contribution in [0.5, 0.6) is 0 Å². The van der Waals surface area contributed by atoms with Crippen molar-refractivity contribution in [2.24, 2.45) is 5.73 Å². The molecule has 1 aromatic rings. The zero-order valence-corrected chi connectivity index (χ0v) is 14.2. The van der Waals surface area contributed by atoms with Crippen molar-refractivity contribution in [3.8, 4) is 0 Å². The zero-order chi connectivity index (χ0) is 17.8. The van der Waals surface area contributed by atoms with Crippen LogP contribution in [0.4, 0.5) is 0 Å². The number of unbranched alkanes of at least 4 members (excludes halogenated alkanes) is 1. The first-order valence-corrected chi connectivity index (χ1v) is 8.47. The van der Waals surface area contributed by atoms with Gasteiger partial charge in [0.25, 0.3) is 0 Å². The molecule has 2 atom stereocenters. The first-order chi connectivity index (χ1) is 11.5. The minimum Gasteiger partial charge on any atom is -0.480 e. The van der Waals surface area contributed by atoms with Crippen LogP contribution in [-0.2, 0) is 20.7 Å². The van der Waals surface area contributed by atoms with Gasteiger partial charge in [0.15, 0.2) is 0 Å². The summed E-state index contributed by atoms with van der Waals surface area (Å²) in [5, 5.41) is 11.9. The summed E-state index contributed by atoms with van der Waals surface area (Å²) in [4.78, 5) is 22.7. The normalized spacial score (nSPS) is 13.2. The molecule has 0 aromatic heterocycles. The van der Waals surface area contributed by atoms with E-state index >= 15 is 0 Å². The Morgan fingerprint density at radius 2 is 1.92 bits per heavy atom. The molecule has 0 aliphatic rings. The lowest BCUT2D eigenvalue weighted by atomic mass is 10.0. The van der Waals surface area contributed by atoms with Gasteiger partial charge in [0.2, 0.25) is 0 Å². The fraction of sp³-hybridized carbons (Fsp3) is 0.556. The molecule has 1 rings (SSSR count). The monoisotopic (exact) mass is 336 g/mol. The van der Waals surface area contributed by atoms with Gasteiger partial charge in [-0.15, -0.1) is 0 Å². The van der Waals surface area contributed by atoms with E-state index in [1.807, 2.05) is 30.3 Å². The average molecular weight is 336 g/mol. The van der Waals surface area contributed by atoms with Crippen molar-refractivity contribution in [2.45, 2.75) is 51.1 Å². The Hall–Kier alpha value is -1.92. The van der Waals surface area contributed by atoms with Gasteiger partial charge in [-0.2, -0.15) is 0 Å². The summed E-state index contributed by atoms with van der Waals surface area (Å²) in [5.41, 5.74) is 6.65. The Balaban J connectivity index is 2.36. The second-order valence-electron chi connectivity index (χ2n) is 5.72. The van der Waals surface area contributed by atoms with Gasteiger partial charge in [-0.1, -0.05) is 36.8 Å². The number of nitrogens with one attached hydrogen (secondary N) is 1. The average Bonchev–Trinajstić information content (AvgIpc) is 2.58. The lowest BCUT2D eigenvalue weighted by molar-refractivity contribution is -0.145. The third-order valence-corrected chi connectivity index (χ3v) is 3.79. The number of carboxylic acid groups (broad SMARTS) is 1. The molecule has 24 heavy (non-hydrogen) atoms. The van der Waals surface area contributed by atoms with Gasteiger partial charge in [0.05, 0.1) is 6.61 Å². The predicted octanol–water partition coefficient (Wildman–Crippen LogP) is 1.72. The molecule has 0 aliphatic carbocycles. The highest BCUT2D eigenvalue weighted by Crippen LogP contribution is 2.07. The zero-order valence-electron chi connectivity index (χ0n) is 14.2. The second kappa shape index (κ2) is 11.6. The molecular formula is C18H28N2O4. The highest BCUT2D eigenvalue weighted by molar-refractivity contribution is 5.75. The van der Waals surface area contributed by atoms with Gasteiger partial charge < -0.3 is 20.9 Å². The van der Waals surface area contributed by atoms with Gasteiger partial charge in [0, 0.05) is 0 Å². The minimum atomic E-state index is -0.977. The lowest BCUT2D eigenvalue weighted by Crippen LogP contribution is -2.39. The SMILES string of the molecule is CCOC(=O)C(CCc1ccccc1)NCCCC[C@H](N)C(=O)O. The van der Waals surface area contributed by atoms with Crippen LogP contribution in [0.1, 0.15) is 38.2 Å². The van der Waals surface area contributed by atoms with Gasteiger partial charge in [-0.3, -0.25) is 9.59 Å². The highest BCUT2D eigenvalue weighted by atomic mass is 16.5. The van der Waals surface area contributed by atoms with Crippen LogP contribution in [0.3, 0.4) is 0 Å². The number of benzene rings is 1. The number of carbonyl (C=O) groups is 2. The maximum atomic E-state index is 12.0. The van der Waals surface area contributed by atoms with Crippen molar-refractivity contribution in [2.75, 3.05) is 13.2 Å². The Morgan fingerprint density at radius 1 is 1.21 bits per heavy atom. The molecule has 0 saturated carbocycles. The summed E-state index contributed by atoms with van der Waals surface area (Å²) < 4.78 is 5.12. The Kier molecular flexibility index (Phi) is 9.72. The smallest absolute Gasteiger partial charge is 0.323 e. The molecule has 1 unspecified atom stereocenters. The van der Waals surface area contributed by atoms with Crippen molar-refractivity contribution < 1.29 is 19.4 Å². The molecule has 4 N–H and O–H groups in total. The number of hydrogen-bond donors (Lipinski definition) is 3. The van der Waals surface area contributed by atoms with Crippen LogP contribution in [0, 0.1) is 0 Å². The third-order valence-electron chi connectivity index (χ3n) is 3.79. The molecular weight excluding hydrogens is 308 g/mol. The Labute approximate surface area is 143 Å². The molecule has 0 spiro atoms.